The van der Waals surface area contributed by atoms with Gasteiger partial charge in [-0.3, -0.25) is 14.4 Å². The van der Waals surface area contributed by atoms with Crippen molar-refractivity contribution in [1.29, 1.82) is 0 Å². The topological polar surface area (TPSA) is 66.9 Å². The van der Waals surface area contributed by atoms with Crippen LogP contribution in [-0.2, 0) is 14.3 Å². The molecule has 1 aromatic rings. The third-order valence-electron chi connectivity index (χ3n) is 5.70. The number of carbonyl (C=O) groups excluding carboxylic acids is 3. The number of benzene rings is 1. The number of rotatable bonds is 3. The van der Waals surface area contributed by atoms with Crippen molar-refractivity contribution in [2.24, 2.45) is 11.8 Å². The van der Waals surface area contributed by atoms with Gasteiger partial charge in [0.05, 0.1) is 18.9 Å². The summed E-state index contributed by atoms with van der Waals surface area (Å²) < 4.78 is 4.80. The zero-order valence-corrected chi connectivity index (χ0v) is 16.1. The zero-order chi connectivity index (χ0) is 19.4. The lowest BCUT2D eigenvalue weighted by Gasteiger charge is -2.37. The van der Waals surface area contributed by atoms with Crippen LogP contribution in [0.5, 0.6) is 0 Å². The van der Waals surface area contributed by atoms with E-state index in [0.29, 0.717) is 44.6 Å². The molecule has 27 heavy (non-hydrogen) atoms. The lowest BCUT2D eigenvalue weighted by molar-refractivity contribution is -0.150. The largest absolute Gasteiger partial charge is 0.469 e. The second kappa shape index (κ2) is 8.55. The van der Waals surface area contributed by atoms with Crippen LogP contribution < -0.4 is 0 Å². The molecule has 146 valence electrons. The Balaban J connectivity index is 1.57. The molecule has 6 nitrogen and oxygen atoms in total. The monoisotopic (exact) mass is 372 g/mol. The summed E-state index contributed by atoms with van der Waals surface area (Å²) in [6, 6.07) is 7.57. The van der Waals surface area contributed by atoms with Crippen molar-refractivity contribution < 1.29 is 19.1 Å². The van der Waals surface area contributed by atoms with Crippen LogP contribution in [0.4, 0.5) is 0 Å². The van der Waals surface area contributed by atoms with E-state index >= 15 is 0 Å². The number of amides is 2. The number of ether oxygens (including phenoxy) is 1. The number of methoxy groups -OCH3 is 1. The van der Waals surface area contributed by atoms with Gasteiger partial charge in [-0.15, -0.1) is 0 Å². The molecular weight excluding hydrogens is 344 g/mol. The number of hydrogen-bond acceptors (Lipinski definition) is 4. The molecule has 1 aromatic carbocycles. The molecule has 2 saturated heterocycles. The van der Waals surface area contributed by atoms with Crippen molar-refractivity contribution in [2.45, 2.75) is 32.6 Å². The highest BCUT2D eigenvalue weighted by Gasteiger charge is 2.34. The van der Waals surface area contributed by atoms with E-state index in [2.05, 4.69) is 0 Å². The van der Waals surface area contributed by atoms with Gasteiger partial charge < -0.3 is 14.5 Å². The fourth-order valence-electron chi connectivity index (χ4n) is 4.00. The number of aryl methyl sites for hydroxylation is 1. The van der Waals surface area contributed by atoms with Crippen LogP contribution in [0.15, 0.2) is 24.3 Å². The summed E-state index contributed by atoms with van der Waals surface area (Å²) in [5.74, 6) is -0.334. The summed E-state index contributed by atoms with van der Waals surface area (Å²) in [4.78, 5) is 41.0. The first-order valence-electron chi connectivity index (χ1n) is 9.72. The summed E-state index contributed by atoms with van der Waals surface area (Å²) in [6.07, 6.45) is 2.95. The molecule has 2 amide bonds. The maximum atomic E-state index is 12.9. The number of piperidine rings is 2. The van der Waals surface area contributed by atoms with E-state index in [1.807, 2.05) is 36.1 Å². The van der Waals surface area contributed by atoms with Crippen molar-refractivity contribution >= 4 is 17.8 Å². The molecule has 0 aliphatic carbocycles. The number of likely N-dealkylation sites (tertiary alicyclic amines) is 2. The molecular formula is C21H28N2O4. The average Bonchev–Trinajstić information content (AvgIpc) is 2.73. The lowest BCUT2D eigenvalue weighted by Crippen LogP contribution is -2.49. The smallest absolute Gasteiger partial charge is 0.308 e. The van der Waals surface area contributed by atoms with Crippen LogP contribution in [0.2, 0.25) is 0 Å². The average molecular weight is 372 g/mol. The molecule has 0 radical (unpaired) electrons. The summed E-state index contributed by atoms with van der Waals surface area (Å²) in [7, 11) is 1.40. The zero-order valence-electron chi connectivity index (χ0n) is 16.1. The molecule has 3 rings (SSSR count). The number of nitrogens with zero attached hydrogens (tertiary/aromatic N) is 2. The lowest BCUT2D eigenvalue weighted by atomic mass is 9.92. The van der Waals surface area contributed by atoms with Gasteiger partial charge in [-0.25, -0.2) is 0 Å². The third kappa shape index (κ3) is 4.49. The maximum Gasteiger partial charge on any atom is 0.308 e. The third-order valence-corrected chi connectivity index (χ3v) is 5.70. The van der Waals surface area contributed by atoms with E-state index in [9.17, 15) is 14.4 Å². The van der Waals surface area contributed by atoms with Crippen LogP contribution in [0.3, 0.4) is 0 Å². The molecule has 2 fully saturated rings. The van der Waals surface area contributed by atoms with E-state index in [0.717, 1.165) is 18.4 Å². The molecule has 0 bridgehead atoms. The number of esters is 1. The van der Waals surface area contributed by atoms with Crippen molar-refractivity contribution in [3.63, 3.8) is 0 Å². The molecule has 0 spiro atoms. The Bertz CT molecular complexity index is 693. The van der Waals surface area contributed by atoms with Crippen LogP contribution in [-0.4, -0.2) is 60.9 Å². The first-order valence-corrected chi connectivity index (χ1v) is 9.72. The summed E-state index contributed by atoms with van der Waals surface area (Å²) in [6.45, 7) is 4.33. The fraction of sp³-hybridized carbons (Fsp3) is 0.571. The minimum atomic E-state index is -0.186. The Morgan fingerprint density at radius 3 is 2.22 bits per heavy atom. The molecule has 0 N–H and O–H groups in total. The van der Waals surface area contributed by atoms with Gasteiger partial charge in [-0.1, -0.05) is 17.7 Å². The second-order valence-electron chi connectivity index (χ2n) is 7.58. The van der Waals surface area contributed by atoms with Gasteiger partial charge in [0.15, 0.2) is 0 Å². The van der Waals surface area contributed by atoms with E-state index in [1.54, 1.807) is 4.90 Å². The van der Waals surface area contributed by atoms with Gasteiger partial charge in [0.2, 0.25) is 5.91 Å². The van der Waals surface area contributed by atoms with Crippen LogP contribution in [0.1, 0.15) is 41.6 Å². The van der Waals surface area contributed by atoms with E-state index in [4.69, 9.17) is 4.74 Å². The van der Waals surface area contributed by atoms with Crippen LogP contribution >= 0.6 is 0 Å². The fourth-order valence-corrected chi connectivity index (χ4v) is 4.00. The normalized spacial score (nSPS) is 21.0. The highest BCUT2D eigenvalue weighted by Crippen LogP contribution is 2.24. The van der Waals surface area contributed by atoms with E-state index in [-0.39, 0.29) is 29.6 Å². The second-order valence-corrected chi connectivity index (χ2v) is 7.58. The minimum Gasteiger partial charge on any atom is -0.469 e. The van der Waals surface area contributed by atoms with Crippen LogP contribution in [0, 0.1) is 18.8 Å². The molecule has 2 aliphatic heterocycles. The molecule has 0 aromatic heterocycles. The van der Waals surface area contributed by atoms with Crippen molar-refractivity contribution in [1.82, 2.24) is 9.80 Å². The van der Waals surface area contributed by atoms with Crippen molar-refractivity contribution in [3.8, 4) is 0 Å². The summed E-state index contributed by atoms with van der Waals surface area (Å²) in [5.41, 5.74) is 1.79. The predicted octanol–water partition coefficient (Wildman–Crippen LogP) is 2.26. The van der Waals surface area contributed by atoms with E-state index in [1.165, 1.54) is 7.11 Å². The highest BCUT2D eigenvalue weighted by molar-refractivity contribution is 5.94. The van der Waals surface area contributed by atoms with E-state index < -0.39 is 0 Å². The van der Waals surface area contributed by atoms with Crippen molar-refractivity contribution in [3.05, 3.63) is 35.4 Å². The maximum absolute atomic E-state index is 12.9. The van der Waals surface area contributed by atoms with Crippen molar-refractivity contribution in [2.75, 3.05) is 33.3 Å². The summed E-state index contributed by atoms with van der Waals surface area (Å²) >= 11 is 0. The highest BCUT2D eigenvalue weighted by atomic mass is 16.5. The first-order chi connectivity index (χ1) is 13.0. The Labute approximate surface area is 160 Å². The van der Waals surface area contributed by atoms with Gasteiger partial charge >= 0.3 is 5.97 Å². The van der Waals surface area contributed by atoms with Gasteiger partial charge in [0.25, 0.3) is 5.91 Å². The number of carbonyl (C=O) groups is 3. The molecule has 6 heteroatoms. The quantitative estimate of drug-likeness (QED) is 0.764. The molecule has 2 heterocycles. The van der Waals surface area contributed by atoms with Gasteiger partial charge in [0.1, 0.15) is 0 Å². The number of hydrogen-bond donors (Lipinski definition) is 0. The SMILES string of the molecule is COC(=O)C1CCN(C(=O)C2CCCN(C(=O)c3ccc(C)cc3)C2)CC1. The Morgan fingerprint density at radius 2 is 1.59 bits per heavy atom. The molecule has 1 atom stereocenters. The van der Waals surface area contributed by atoms with Crippen LogP contribution in [0.25, 0.3) is 0 Å². The molecule has 2 aliphatic rings. The van der Waals surface area contributed by atoms with Gasteiger partial charge in [-0.05, 0) is 44.7 Å². The summed E-state index contributed by atoms with van der Waals surface area (Å²) in [5, 5.41) is 0. The van der Waals surface area contributed by atoms with Gasteiger partial charge in [0, 0.05) is 31.7 Å². The predicted molar refractivity (Wildman–Crippen MR) is 101 cm³/mol. The molecule has 0 saturated carbocycles. The Morgan fingerprint density at radius 1 is 0.926 bits per heavy atom. The first kappa shape index (κ1) is 19.4. The molecule has 1 unspecified atom stereocenters. The standard InChI is InChI=1S/C21H28N2O4/c1-15-5-7-16(8-6-15)19(24)23-11-3-4-18(14-23)20(25)22-12-9-17(10-13-22)21(26)27-2/h5-8,17-18H,3-4,9-14H2,1-2H3. The minimum absolute atomic E-state index is 0.00287. The Kier molecular flexibility index (Phi) is 6.14. The Hall–Kier alpha value is -2.37. The van der Waals surface area contributed by atoms with Gasteiger partial charge in [-0.2, -0.15) is 0 Å².